The number of nitrogens with zero attached hydrogens (tertiary/aromatic N) is 6. The Hall–Kier alpha value is -2.66. The van der Waals surface area contributed by atoms with Crippen LogP contribution in [0.25, 0.3) is 11.3 Å². The zero-order valence-electron chi connectivity index (χ0n) is 27.1. The molecule has 3 saturated heterocycles. The van der Waals surface area contributed by atoms with Crippen molar-refractivity contribution in [1.29, 1.82) is 0 Å². The molecule has 2 amide bonds. The van der Waals surface area contributed by atoms with Crippen LogP contribution in [0.4, 0.5) is 13.2 Å². The summed E-state index contributed by atoms with van der Waals surface area (Å²) in [6.07, 6.45) is 1.00. The van der Waals surface area contributed by atoms with Gasteiger partial charge in [-0.05, 0) is 44.2 Å². The number of β-amino-alcohol motifs (C(OH)–C–C–N with tert-alkyl or cyclic N) is 1. The summed E-state index contributed by atoms with van der Waals surface area (Å²) in [6, 6.07) is 3.96. The Kier molecular flexibility index (Phi) is 10.5. The molecule has 11 nitrogen and oxygen atoms in total. The Morgan fingerprint density at radius 3 is 2.42 bits per heavy atom. The van der Waals surface area contributed by atoms with Gasteiger partial charge in [0.1, 0.15) is 0 Å². The molecule has 0 aliphatic carbocycles. The number of aliphatic hydroxyl groups is 1. The van der Waals surface area contributed by atoms with Crippen LogP contribution >= 0.6 is 11.8 Å². The van der Waals surface area contributed by atoms with Crippen molar-refractivity contribution in [2.75, 3.05) is 57.8 Å². The lowest BCUT2D eigenvalue weighted by atomic mass is 10.0. The summed E-state index contributed by atoms with van der Waals surface area (Å²) in [7, 11) is -3.55. The number of aromatic nitrogens is 2. The van der Waals surface area contributed by atoms with E-state index >= 15 is 0 Å². The van der Waals surface area contributed by atoms with E-state index in [1.807, 2.05) is 4.90 Å². The number of aliphatic hydroxyl groups excluding tert-OH is 1. The maximum atomic E-state index is 14.1. The fraction of sp³-hybridized carbons (Fsp3) is 0.656. The number of carbonyl (C=O) groups is 2. The van der Waals surface area contributed by atoms with Crippen molar-refractivity contribution in [3.05, 3.63) is 35.0 Å². The first-order chi connectivity index (χ1) is 22.8. The van der Waals surface area contributed by atoms with Crippen molar-refractivity contribution in [2.24, 2.45) is 0 Å². The second-order valence-corrected chi connectivity index (χ2v) is 16.3. The number of piperidine rings is 1. The van der Waals surface area contributed by atoms with Gasteiger partial charge in [0.05, 0.1) is 35.9 Å². The molecule has 16 heteroatoms. The third-order valence-electron chi connectivity index (χ3n) is 9.90. The number of likely N-dealkylation sites (tertiary alicyclic amines) is 3. The zero-order chi connectivity index (χ0) is 34.2. The van der Waals surface area contributed by atoms with Crippen LogP contribution in [0.5, 0.6) is 0 Å². The Labute approximate surface area is 283 Å². The number of rotatable bonds is 10. The van der Waals surface area contributed by atoms with Crippen molar-refractivity contribution in [3.63, 3.8) is 0 Å². The summed E-state index contributed by atoms with van der Waals surface area (Å²) in [5.41, 5.74) is 1.25. The van der Waals surface area contributed by atoms with E-state index in [9.17, 15) is 36.3 Å². The van der Waals surface area contributed by atoms with E-state index in [-0.39, 0.29) is 48.1 Å². The number of halogens is 3. The molecule has 6 rings (SSSR count). The minimum absolute atomic E-state index is 0.0132. The zero-order valence-corrected chi connectivity index (χ0v) is 28.8. The third-order valence-corrected chi connectivity index (χ3v) is 12.2. The van der Waals surface area contributed by atoms with Gasteiger partial charge in [-0.15, -0.1) is 11.8 Å². The highest BCUT2D eigenvalue weighted by Gasteiger charge is 2.36. The summed E-state index contributed by atoms with van der Waals surface area (Å²) >= 11 is 0.846. The minimum Gasteiger partial charge on any atom is -0.390 e. The van der Waals surface area contributed by atoms with Crippen molar-refractivity contribution in [1.82, 2.24) is 28.8 Å². The Balaban J connectivity index is 1.22. The minimum atomic E-state index is -4.63. The quantitative estimate of drug-likeness (QED) is 0.374. The van der Waals surface area contributed by atoms with Crippen LogP contribution in [0.15, 0.2) is 23.1 Å². The normalized spacial score (nSPS) is 20.9. The van der Waals surface area contributed by atoms with Gasteiger partial charge in [0.2, 0.25) is 21.8 Å². The molecular formula is C32H43F3N6O5S2. The van der Waals surface area contributed by atoms with Gasteiger partial charge >= 0.3 is 6.18 Å². The maximum absolute atomic E-state index is 14.1. The Morgan fingerprint density at radius 1 is 1.04 bits per heavy atom. The molecule has 4 aliphatic rings. The molecule has 1 unspecified atom stereocenters. The predicted molar refractivity (Wildman–Crippen MR) is 175 cm³/mol. The number of hydrogen-bond donors (Lipinski definition) is 1. The predicted octanol–water partition coefficient (Wildman–Crippen LogP) is 3.05. The van der Waals surface area contributed by atoms with E-state index in [1.165, 1.54) is 16.4 Å². The van der Waals surface area contributed by atoms with E-state index in [2.05, 4.69) is 4.90 Å². The second-order valence-electron chi connectivity index (χ2n) is 13.3. The number of fused-ring (bicyclic) bond motifs is 1. The smallest absolute Gasteiger partial charge is 0.390 e. The van der Waals surface area contributed by atoms with Crippen LogP contribution in [0.1, 0.15) is 55.3 Å². The number of carbonyl (C=O) groups excluding carboxylic acids is 2. The number of alkyl halides is 3. The van der Waals surface area contributed by atoms with Crippen molar-refractivity contribution >= 4 is 33.6 Å². The molecule has 0 radical (unpaired) electrons. The number of hydrogen-bond acceptors (Lipinski definition) is 8. The Bertz CT molecular complexity index is 1620. The van der Waals surface area contributed by atoms with Gasteiger partial charge in [-0.2, -0.15) is 22.6 Å². The summed E-state index contributed by atoms with van der Waals surface area (Å²) < 4.78 is 70.2. The molecule has 264 valence electrons. The largest absolute Gasteiger partial charge is 0.417 e. The van der Waals surface area contributed by atoms with E-state index in [1.54, 1.807) is 9.58 Å². The van der Waals surface area contributed by atoms with Crippen LogP contribution in [-0.4, -0.2) is 124 Å². The summed E-state index contributed by atoms with van der Waals surface area (Å²) in [5, 5.41) is 16.0. The fourth-order valence-electron chi connectivity index (χ4n) is 7.38. The van der Waals surface area contributed by atoms with Crippen LogP contribution in [0, 0.1) is 0 Å². The van der Waals surface area contributed by atoms with Crippen LogP contribution in [-0.2, 0) is 45.3 Å². The standard InChI is InChI=1S/C32H43F3N6O5S2/c1-48(45,46)39-16-10-27-25(20-39)31(22-6-7-26(32(33,34)35)28(17-22)47-21-30(44)38-11-2-3-12-38)36-41(27)19-24(42)18-37-14-8-23(9-15-37)40-13-4-5-29(40)43/h6-7,17,23-24,42H,2-5,8-16,18-21H2,1H3. The number of benzene rings is 1. The van der Waals surface area contributed by atoms with Crippen LogP contribution in [0.2, 0.25) is 0 Å². The number of thioether (sulfide) groups is 1. The summed E-state index contributed by atoms with van der Waals surface area (Å²) in [5.74, 6) is -0.112. The molecule has 0 bridgehead atoms. The number of sulfonamides is 1. The van der Waals surface area contributed by atoms with Gasteiger partial charge < -0.3 is 19.8 Å². The van der Waals surface area contributed by atoms with Gasteiger partial charge in [-0.25, -0.2) is 8.42 Å². The average molecular weight is 713 g/mol. The van der Waals surface area contributed by atoms with E-state index in [0.29, 0.717) is 49.3 Å². The first-order valence-corrected chi connectivity index (χ1v) is 19.5. The monoisotopic (exact) mass is 712 g/mol. The van der Waals surface area contributed by atoms with E-state index < -0.39 is 27.9 Å². The summed E-state index contributed by atoms with van der Waals surface area (Å²) in [4.78, 5) is 30.6. The van der Waals surface area contributed by atoms with Gasteiger partial charge in [-0.3, -0.25) is 14.3 Å². The molecule has 1 aromatic heterocycles. The number of amides is 2. The molecule has 1 aromatic carbocycles. The lowest BCUT2D eigenvalue weighted by molar-refractivity contribution is -0.139. The lowest BCUT2D eigenvalue weighted by Crippen LogP contribution is -2.47. The van der Waals surface area contributed by atoms with Crippen molar-refractivity contribution < 1.29 is 36.3 Å². The van der Waals surface area contributed by atoms with Gasteiger partial charge in [-0.1, -0.05) is 6.07 Å². The molecule has 0 saturated carbocycles. The molecule has 0 spiro atoms. The van der Waals surface area contributed by atoms with Gasteiger partial charge in [0, 0.05) is 93.0 Å². The molecule has 1 atom stereocenters. The molecular weight excluding hydrogens is 670 g/mol. The topological polar surface area (TPSA) is 119 Å². The van der Waals surface area contributed by atoms with Crippen molar-refractivity contribution in [3.8, 4) is 11.3 Å². The highest BCUT2D eigenvalue weighted by atomic mass is 32.2. The van der Waals surface area contributed by atoms with Gasteiger partial charge in [0.25, 0.3) is 0 Å². The first-order valence-electron chi connectivity index (χ1n) is 16.6. The highest BCUT2D eigenvalue weighted by Crippen LogP contribution is 2.40. The van der Waals surface area contributed by atoms with E-state index in [0.717, 1.165) is 81.5 Å². The maximum Gasteiger partial charge on any atom is 0.417 e. The van der Waals surface area contributed by atoms with E-state index in [4.69, 9.17) is 5.10 Å². The fourth-order valence-corrected chi connectivity index (χ4v) is 9.17. The molecule has 3 fully saturated rings. The molecule has 5 heterocycles. The molecule has 4 aliphatic heterocycles. The van der Waals surface area contributed by atoms with Gasteiger partial charge in [0.15, 0.2) is 0 Å². The molecule has 2 aromatic rings. The van der Waals surface area contributed by atoms with Crippen LogP contribution < -0.4 is 0 Å². The SMILES string of the molecule is CS(=O)(=O)N1CCc2c(c(-c3ccc(C(F)(F)F)c(SCC(=O)N4CCCC4)c3)nn2CC(O)CN2CCC(N3CCCC3=O)CC2)C1. The average Bonchev–Trinajstić information content (AvgIpc) is 3.80. The summed E-state index contributed by atoms with van der Waals surface area (Å²) in [6.45, 7) is 4.30. The van der Waals surface area contributed by atoms with Crippen molar-refractivity contribution in [2.45, 2.75) is 81.3 Å². The molecule has 48 heavy (non-hydrogen) atoms. The third kappa shape index (κ3) is 7.87. The second kappa shape index (κ2) is 14.3. The molecule has 1 N–H and O–H groups in total. The first kappa shape index (κ1) is 35.2. The van der Waals surface area contributed by atoms with Crippen LogP contribution in [0.3, 0.4) is 0 Å². The lowest BCUT2D eigenvalue weighted by Gasteiger charge is -2.37. The Morgan fingerprint density at radius 2 is 1.77 bits per heavy atom. The highest BCUT2D eigenvalue weighted by molar-refractivity contribution is 8.00.